The molecular formula is C18H23Cl2N3O4. The minimum atomic E-state index is -0.544. The summed E-state index contributed by atoms with van der Waals surface area (Å²) in [7, 11) is 0. The fraction of sp³-hybridized carbons (Fsp3) is 0.611. The Bertz CT molecular complexity index is 654. The van der Waals surface area contributed by atoms with Crippen molar-refractivity contribution in [3.63, 3.8) is 0 Å². The molecule has 0 atom stereocenters. The Morgan fingerprint density at radius 1 is 1.11 bits per heavy atom. The van der Waals surface area contributed by atoms with Crippen LogP contribution in [0.3, 0.4) is 0 Å². The number of ether oxygens (including phenoxy) is 2. The van der Waals surface area contributed by atoms with Crippen molar-refractivity contribution in [3.8, 4) is 0 Å². The van der Waals surface area contributed by atoms with Gasteiger partial charge in [0.15, 0.2) is 0 Å². The van der Waals surface area contributed by atoms with Crippen LogP contribution in [0.15, 0.2) is 12.1 Å². The number of likely N-dealkylation sites (tertiary alicyclic amines) is 1. The maximum Gasteiger partial charge on any atom is 0.411 e. The van der Waals surface area contributed by atoms with Crippen LogP contribution in [0.25, 0.3) is 0 Å². The summed E-state index contributed by atoms with van der Waals surface area (Å²) < 4.78 is 10.9. The molecule has 3 rings (SSSR count). The first-order valence-electron chi connectivity index (χ1n) is 9.22. The van der Waals surface area contributed by atoms with Gasteiger partial charge in [-0.2, -0.15) is 0 Å². The van der Waals surface area contributed by atoms with Crippen LogP contribution in [-0.4, -0.2) is 47.9 Å². The summed E-state index contributed by atoms with van der Waals surface area (Å²) in [5.74, 6) is 0.317. The van der Waals surface area contributed by atoms with Gasteiger partial charge in [0.25, 0.3) is 0 Å². The average molecular weight is 416 g/mol. The largest absolute Gasteiger partial charge is 0.449 e. The number of amides is 2. The molecule has 1 aliphatic carbocycles. The standard InChI is InChI=1S/C18H23Cl2N3O4/c19-15-9-13(10-16(20)22-15)21-17(24)27-14-5-3-12(4-6-14)11-26-18(25)23-7-1-2-8-23/h9-10,12,14H,1-8,11H2,(H,21,22,24). The van der Waals surface area contributed by atoms with Gasteiger partial charge in [0, 0.05) is 13.1 Å². The fourth-order valence-electron chi connectivity index (χ4n) is 3.43. The number of rotatable bonds is 4. The molecule has 1 saturated heterocycles. The molecule has 0 spiro atoms. The average Bonchev–Trinajstić information content (AvgIpc) is 3.14. The van der Waals surface area contributed by atoms with Gasteiger partial charge in [-0.3, -0.25) is 5.32 Å². The lowest BCUT2D eigenvalue weighted by Gasteiger charge is -2.28. The van der Waals surface area contributed by atoms with E-state index in [1.165, 1.54) is 12.1 Å². The summed E-state index contributed by atoms with van der Waals surface area (Å²) in [6.07, 6.45) is 4.42. The molecule has 2 fully saturated rings. The third-order valence-corrected chi connectivity index (χ3v) is 5.27. The van der Waals surface area contributed by atoms with E-state index in [1.54, 1.807) is 4.90 Å². The normalized spacial score (nSPS) is 22.4. The van der Waals surface area contributed by atoms with Crippen molar-refractivity contribution in [1.82, 2.24) is 9.88 Å². The monoisotopic (exact) mass is 415 g/mol. The maximum absolute atomic E-state index is 12.0. The second-order valence-electron chi connectivity index (χ2n) is 6.95. The topological polar surface area (TPSA) is 80.8 Å². The molecule has 7 nitrogen and oxygen atoms in total. The highest BCUT2D eigenvalue weighted by molar-refractivity contribution is 6.32. The van der Waals surface area contributed by atoms with Crippen LogP contribution in [0.4, 0.5) is 15.3 Å². The van der Waals surface area contributed by atoms with Gasteiger partial charge in [0.1, 0.15) is 16.4 Å². The van der Waals surface area contributed by atoms with Crippen LogP contribution in [0, 0.1) is 5.92 Å². The molecule has 9 heteroatoms. The Balaban J connectivity index is 1.36. The maximum atomic E-state index is 12.0. The van der Waals surface area contributed by atoms with E-state index in [2.05, 4.69) is 10.3 Å². The molecule has 0 aromatic carbocycles. The zero-order chi connectivity index (χ0) is 19.2. The van der Waals surface area contributed by atoms with E-state index in [1.807, 2.05) is 0 Å². The smallest absolute Gasteiger partial charge is 0.411 e. The number of nitrogens with zero attached hydrogens (tertiary/aromatic N) is 2. The second kappa shape index (κ2) is 9.46. The van der Waals surface area contributed by atoms with E-state index in [9.17, 15) is 9.59 Å². The number of nitrogens with one attached hydrogen (secondary N) is 1. The number of halogens is 2. The Morgan fingerprint density at radius 2 is 1.74 bits per heavy atom. The summed E-state index contributed by atoms with van der Waals surface area (Å²) >= 11 is 11.6. The van der Waals surface area contributed by atoms with Crippen molar-refractivity contribution < 1.29 is 19.1 Å². The molecule has 1 aliphatic heterocycles. The van der Waals surface area contributed by atoms with E-state index in [-0.39, 0.29) is 22.5 Å². The highest BCUT2D eigenvalue weighted by Gasteiger charge is 2.26. The quantitative estimate of drug-likeness (QED) is 0.718. The zero-order valence-electron chi connectivity index (χ0n) is 15.0. The van der Waals surface area contributed by atoms with Gasteiger partial charge in [-0.25, -0.2) is 14.6 Å². The molecule has 1 saturated carbocycles. The molecule has 2 aliphatic rings. The van der Waals surface area contributed by atoms with Gasteiger partial charge < -0.3 is 14.4 Å². The Labute approximate surface area is 168 Å². The van der Waals surface area contributed by atoms with Crippen molar-refractivity contribution in [2.75, 3.05) is 25.0 Å². The molecular weight excluding hydrogens is 393 g/mol. The van der Waals surface area contributed by atoms with E-state index in [4.69, 9.17) is 32.7 Å². The molecule has 1 N–H and O–H groups in total. The lowest BCUT2D eigenvalue weighted by Crippen LogP contribution is -2.32. The first kappa shape index (κ1) is 20.0. The minimum absolute atomic E-state index is 0.150. The molecule has 1 aromatic heterocycles. The van der Waals surface area contributed by atoms with Crippen molar-refractivity contribution >= 4 is 41.1 Å². The van der Waals surface area contributed by atoms with Crippen LogP contribution in [-0.2, 0) is 9.47 Å². The highest BCUT2D eigenvalue weighted by atomic mass is 35.5. The summed E-state index contributed by atoms with van der Waals surface area (Å²) in [6, 6.07) is 3.00. The lowest BCUT2D eigenvalue weighted by atomic mass is 9.88. The molecule has 0 unspecified atom stereocenters. The van der Waals surface area contributed by atoms with E-state index >= 15 is 0 Å². The Morgan fingerprint density at radius 3 is 2.37 bits per heavy atom. The third-order valence-electron chi connectivity index (χ3n) is 4.88. The van der Waals surface area contributed by atoms with Gasteiger partial charge in [0.2, 0.25) is 0 Å². The van der Waals surface area contributed by atoms with Gasteiger partial charge in [0.05, 0.1) is 12.3 Å². The predicted octanol–water partition coefficient (Wildman–Crippen LogP) is 4.73. The molecule has 1 aromatic rings. The van der Waals surface area contributed by atoms with Gasteiger partial charge in [-0.05, 0) is 56.6 Å². The van der Waals surface area contributed by atoms with Crippen molar-refractivity contribution in [2.45, 2.75) is 44.6 Å². The summed E-state index contributed by atoms with van der Waals surface area (Å²) in [6.45, 7) is 2.02. The zero-order valence-corrected chi connectivity index (χ0v) is 16.5. The molecule has 27 heavy (non-hydrogen) atoms. The van der Waals surface area contributed by atoms with Crippen LogP contribution in [0.5, 0.6) is 0 Å². The SMILES string of the molecule is O=C(Nc1cc(Cl)nc(Cl)c1)OC1CCC(COC(=O)N2CCCC2)CC1. The Kier molecular flexibility index (Phi) is 7.01. The summed E-state index contributed by atoms with van der Waals surface area (Å²) in [4.78, 5) is 29.5. The summed E-state index contributed by atoms with van der Waals surface area (Å²) in [5, 5.41) is 3.00. The van der Waals surface area contributed by atoms with Crippen molar-refractivity contribution in [2.24, 2.45) is 5.92 Å². The first-order chi connectivity index (χ1) is 13.0. The molecule has 148 valence electrons. The van der Waals surface area contributed by atoms with E-state index < -0.39 is 6.09 Å². The molecule has 2 heterocycles. The van der Waals surface area contributed by atoms with Gasteiger partial charge in [-0.1, -0.05) is 23.2 Å². The number of pyridine rings is 1. The second-order valence-corrected chi connectivity index (χ2v) is 7.72. The van der Waals surface area contributed by atoms with Crippen LogP contribution in [0.1, 0.15) is 38.5 Å². The predicted molar refractivity (Wildman–Crippen MR) is 102 cm³/mol. The molecule has 0 bridgehead atoms. The highest BCUT2D eigenvalue weighted by Crippen LogP contribution is 2.27. The van der Waals surface area contributed by atoms with E-state index in [0.29, 0.717) is 18.2 Å². The van der Waals surface area contributed by atoms with Crippen molar-refractivity contribution in [3.05, 3.63) is 22.4 Å². The number of hydrogen-bond acceptors (Lipinski definition) is 5. The number of hydrogen-bond donors (Lipinski definition) is 1. The molecule has 2 amide bonds. The van der Waals surface area contributed by atoms with Crippen LogP contribution >= 0.6 is 23.2 Å². The van der Waals surface area contributed by atoms with Gasteiger partial charge in [-0.15, -0.1) is 0 Å². The van der Waals surface area contributed by atoms with Crippen LogP contribution in [0.2, 0.25) is 10.3 Å². The molecule has 0 radical (unpaired) electrons. The fourth-order valence-corrected chi connectivity index (χ4v) is 3.89. The third kappa shape index (κ3) is 6.14. The summed E-state index contributed by atoms with van der Waals surface area (Å²) in [5.41, 5.74) is 0.438. The van der Waals surface area contributed by atoms with Gasteiger partial charge >= 0.3 is 12.2 Å². The van der Waals surface area contributed by atoms with Crippen LogP contribution < -0.4 is 5.32 Å². The number of carbonyl (C=O) groups is 2. The number of aromatic nitrogens is 1. The Hall–Kier alpha value is -1.73. The minimum Gasteiger partial charge on any atom is -0.449 e. The van der Waals surface area contributed by atoms with Crippen molar-refractivity contribution in [1.29, 1.82) is 0 Å². The van der Waals surface area contributed by atoms with E-state index in [0.717, 1.165) is 51.6 Å². The number of anilines is 1. The first-order valence-corrected chi connectivity index (χ1v) is 9.97. The lowest BCUT2D eigenvalue weighted by molar-refractivity contribution is 0.0499. The number of carbonyl (C=O) groups excluding carboxylic acids is 2.